The Bertz CT molecular complexity index is 809. The summed E-state index contributed by atoms with van der Waals surface area (Å²) in [4.78, 5) is 0.305. The fourth-order valence-corrected chi connectivity index (χ4v) is 5.97. The van der Waals surface area contributed by atoms with Gasteiger partial charge in [-0.25, -0.2) is 8.42 Å². The van der Waals surface area contributed by atoms with Gasteiger partial charge < -0.3 is 9.47 Å². The molecule has 0 saturated carbocycles. The predicted molar refractivity (Wildman–Crippen MR) is 95.1 cm³/mol. The minimum absolute atomic E-state index is 0.305. The Labute approximate surface area is 146 Å². The van der Waals surface area contributed by atoms with Gasteiger partial charge in [0.2, 0.25) is 10.0 Å². The maximum atomic E-state index is 13.0. The van der Waals surface area contributed by atoms with E-state index in [4.69, 9.17) is 9.47 Å². The maximum Gasteiger partial charge on any atom is 0.244 e. The summed E-state index contributed by atoms with van der Waals surface area (Å²) in [6.45, 7) is 0.465. The van der Waals surface area contributed by atoms with E-state index in [0.717, 1.165) is 11.3 Å². The monoisotopic (exact) mass is 365 g/mol. The van der Waals surface area contributed by atoms with Crippen molar-refractivity contribution in [2.45, 2.75) is 10.3 Å². The first-order valence-corrected chi connectivity index (χ1v) is 9.97. The lowest BCUT2D eigenvalue weighted by atomic mass is 10.2. The van der Waals surface area contributed by atoms with Crippen molar-refractivity contribution in [3.05, 3.63) is 54.1 Å². The van der Waals surface area contributed by atoms with Crippen LogP contribution in [0.4, 0.5) is 0 Å². The molecule has 0 aromatic heterocycles. The van der Waals surface area contributed by atoms with Crippen LogP contribution in [-0.4, -0.2) is 39.2 Å². The van der Waals surface area contributed by atoms with E-state index >= 15 is 0 Å². The zero-order valence-corrected chi connectivity index (χ0v) is 15.1. The Kier molecular flexibility index (Phi) is 5.03. The highest BCUT2D eigenvalue weighted by Gasteiger charge is 2.38. The van der Waals surface area contributed by atoms with Crippen LogP contribution in [-0.2, 0) is 10.0 Å². The van der Waals surface area contributed by atoms with Gasteiger partial charge in [-0.3, -0.25) is 0 Å². The third-order valence-electron chi connectivity index (χ3n) is 3.90. The van der Waals surface area contributed by atoms with Crippen molar-refractivity contribution in [2.24, 2.45) is 0 Å². The molecule has 1 heterocycles. The number of methoxy groups -OCH3 is 2. The Morgan fingerprint density at radius 3 is 2.50 bits per heavy atom. The summed E-state index contributed by atoms with van der Waals surface area (Å²) in [5, 5.41) is -0.333. The van der Waals surface area contributed by atoms with Crippen molar-refractivity contribution in [2.75, 3.05) is 26.5 Å². The molecule has 1 aliphatic rings. The summed E-state index contributed by atoms with van der Waals surface area (Å²) in [5.74, 6) is 2.07. The highest BCUT2D eigenvalue weighted by atomic mass is 32.2. The molecule has 0 spiro atoms. The molecule has 0 amide bonds. The van der Waals surface area contributed by atoms with Gasteiger partial charge in [0.1, 0.15) is 11.5 Å². The van der Waals surface area contributed by atoms with Crippen LogP contribution in [0.15, 0.2) is 53.4 Å². The quantitative estimate of drug-likeness (QED) is 0.815. The lowest BCUT2D eigenvalue weighted by molar-refractivity contribution is 0.382. The molecule has 1 saturated heterocycles. The van der Waals surface area contributed by atoms with E-state index in [9.17, 15) is 8.42 Å². The summed E-state index contributed by atoms with van der Waals surface area (Å²) in [6.07, 6.45) is 0. The molecular weight excluding hydrogens is 346 g/mol. The molecule has 1 fully saturated rings. The van der Waals surface area contributed by atoms with Gasteiger partial charge in [-0.15, -0.1) is 11.8 Å². The second kappa shape index (κ2) is 7.04. The molecule has 2 aromatic carbocycles. The van der Waals surface area contributed by atoms with Gasteiger partial charge in [0.25, 0.3) is 0 Å². The highest BCUT2D eigenvalue weighted by Crippen LogP contribution is 2.45. The highest BCUT2D eigenvalue weighted by molar-refractivity contribution is 8.01. The van der Waals surface area contributed by atoms with E-state index < -0.39 is 10.0 Å². The van der Waals surface area contributed by atoms with Gasteiger partial charge in [0, 0.05) is 17.9 Å². The van der Waals surface area contributed by atoms with Crippen molar-refractivity contribution in [3.63, 3.8) is 0 Å². The fraction of sp³-hybridized carbons (Fsp3) is 0.294. The summed E-state index contributed by atoms with van der Waals surface area (Å²) in [7, 11) is -0.391. The van der Waals surface area contributed by atoms with Crippen LogP contribution in [0.5, 0.6) is 11.5 Å². The molecular formula is C17H19NO4S2. The molecule has 0 N–H and O–H groups in total. The lowest BCUT2D eigenvalue weighted by Crippen LogP contribution is -2.30. The average Bonchev–Trinajstić information content (AvgIpc) is 3.12. The van der Waals surface area contributed by atoms with E-state index in [2.05, 4.69) is 0 Å². The van der Waals surface area contributed by atoms with E-state index in [1.165, 1.54) is 4.31 Å². The van der Waals surface area contributed by atoms with Gasteiger partial charge in [0.15, 0.2) is 0 Å². The van der Waals surface area contributed by atoms with E-state index in [0.29, 0.717) is 22.9 Å². The Balaban J connectivity index is 2.03. The smallest absolute Gasteiger partial charge is 0.244 e. The first kappa shape index (κ1) is 17.1. The fourth-order valence-electron chi connectivity index (χ4n) is 2.71. The molecule has 128 valence electrons. The van der Waals surface area contributed by atoms with Gasteiger partial charge in [-0.1, -0.05) is 18.2 Å². The third kappa shape index (κ3) is 3.11. The minimum Gasteiger partial charge on any atom is -0.497 e. The van der Waals surface area contributed by atoms with E-state index in [-0.39, 0.29) is 5.37 Å². The molecule has 0 aliphatic carbocycles. The first-order valence-electron chi connectivity index (χ1n) is 7.48. The zero-order chi connectivity index (χ0) is 17.2. The molecule has 0 radical (unpaired) electrons. The van der Waals surface area contributed by atoms with Crippen molar-refractivity contribution in [3.8, 4) is 11.5 Å². The van der Waals surface area contributed by atoms with Crippen molar-refractivity contribution >= 4 is 21.8 Å². The van der Waals surface area contributed by atoms with Crippen LogP contribution in [0.25, 0.3) is 0 Å². The maximum absolute atomic E-state index is 13.0. The summed E-state index contributed by atoms with van der Waals surface area (Å²) in [6, 6.07) is 14.0. The number of hydrogen-bond donors (Lipinski definition) is 0. The first-order chi connectivity index (χ1) is 11.6. The number of thioether (sulfide) groups is 1. The van der Waals surface area contributed by atoms with E-state index in [1.54, 1.807) is 68.4 Å². The van der Waals surface area contributed by atoms with Gasteiger partial charge in [-0.05, 0) is 30.3 Å². The number of ether oxygens (including phenoxy) is 2. The predicted octanol–water partition coefficient (Wildman–Crippen LogP) is 3.14. The molecule has 1 atom stereocenters. The number of hydrogen-bond acceptors (Lipinski definition) is 5. The molecule has 1 aliphatic heterocycles. The number of nitrogens with zero attached hydrogens (tertiary/aromatic N) is 1. The minimum atomic E-state index is -3.56. The Morgan fingerprint density at radius 2 is 1.83 bits per heavy atom. The Morgan fingerprint density at radius 1 is 1.08 bits per heavy atom. The van der Waals surface area contributed by atoms with Gasteiger partial charge >= 0.3 is 0 Å². The zero-order valence-electron chi connectivity index (χ0n) is 13.5. The molecule has 5 nitrogen and oxygen atoms in total. The molecule has 2 aromatic rings. The molecule has 3 rings (SSSR count). The lowest BCUT2D eigenvalue weighted by Gasteiger charge is -2.25. The number of rotatable bonds is 5. The largest absolute Gasteiger partial charge is 0.497 e. The van der Waals surface area contributed by atoms with Crippen molar-refractivity contribution < 1.29 is 17.9 Å². The van der Waals surface area contributed by atoms with E-state index in [1.807, 2.05) is 6.07 Å². The molecule has 0 unspecified atom stereocenters. The van der Waals surface area contributed by atoms with Crippen molar-refractivity contribution in [1.29, 1.82) is 0 Å². The third-order valence-corrected chi connectivity index (χ3v) is 7.16. The second-order valence-corrected chi connectivity index (χ2v) is 8.34. The van der Waals surface area contributed by atoms with Crippen LogP contribution in [0.1, 0.15) is 10.9 Å². The second-order valence-electron chi connectivity index (χ2n) is 5.26. The van der Waals surface area contributed by atoms with Crippen molar-refractivity contribution in [1.82, 2.24) is 4.31 Å². The van der Waals surface area contributed by atoms with Crippen LogP contribution in [0.2, 0.25) is 0 Å². The number of benzene rings is 2. The summed E-state index contributed by atoms with van der Waals surface area (Å²) < 4.78 is 38.3. The van der Waals surface area contributed by atoms with Crippen LogP contribution >= 0.6 is 11.8 Å². The summed E-state index contributed by atoms with van der Waals surface area (Å²) in [5.41, 5.74) is 0.804. The molecule has 7 heteroatoms. The summed E-state index contributed by atoms with van der Waals surface area (Å²) >= 11 is 1.59. The van der Waals surface area contributed by atoms with Crippen LogP contribution in [0.3, 0.4) is 0 Å². The SMILES string of the molecule is COc1ccc(OC)c([C@H]2SCCN2S(=O)(=O)c2ccccc2)c1. The topological polar surface area (TPSA) is 55.8 Å². The standard InChI is InChI=1S/C17H19NO4S2/c1-21-13-8-9-16(22-2)15(12-13)17-18(10-11-23-17)24(19,20)14-6-4-3-5-7-14/h3-9,12,17H,10-11H2,1-2H3/t17-/m1/s1. The van der Waals surface area contributed by atoms with Gasteiger partial charge in [-0.2, -0.15) is 4.31 Å². The van der Waals surface area contributed by atoms with Crippen LogP contribution < -0.4 is 9.47 Å². The Hall–Kier alpha value is -1.70. The number of sulfonamides is 1. The van der Waals surface area contributed by atoms with Crippen LogP contribution in [0, 0.1) is 0 Å². The molecule has 24 heavy (non-hydrogen) atoms. The average molecular weight is 365 g/mol. The normalized spacial score (nSPS) is 18.5. The molecule has 0 bridgehead atoms. The van der Waals surface area contributed by atoms with Gasteiger partial charge in [0.05, 0.1) is 24.5 Å².